The van der Waals surface area contributed by atoms with E-state index < -0.39 is 4.92 Å². The molecule has 0 aromatic heterocycles. The van der Waals surface area contributed by atoms with E-state index in [1.165, 1.54) is 20.3 Å². The van der Waals surface area contributed by atoms with Gasteiger partial charge in [0, 0.05) is 24.6 Å². The zero-order chi connectivity index (χ0) is 17.4. The van der Waals surface area contributed by atoms with Crippen LogP contribution in [0.4, 0.5) is 5.69 Å². The third-order valence-corrected chi connectivity index (χ3v) is 3.43. The van der Waals surface area contributed by atoms with E-state index in [1.807, 2.05) is 6.92 Å². The van der Waals surface area contributed by atoms with Crippen LogP contribution in [0.25, 0.3) is 0 Å². The molecule has 2 N–H and O–H groups in total. The fraction of sp³-hybridized carbons (Fsp3) is 0.533. The average molecular weight is 362 g/mol. The molecular formula is C15H24ClN3O5. The van der Waals surface area contributed by atoms with Gasteiger partial charge in [-0.25, -0.2) is 0 Å². The summed E-state index contributed by atoms with van der Waals surface area (Å²) in [6.45, 7) is 2.69. The van der Waals surface area contributed by atoms with E-state index in [9.17, 15) is 14.9 Å². The summed E-state index contributed by atoms with van der Waals surface area (Å²) in [6.07, 6.45) is 0.328. The maximum atomic E-state index is 11.8. The van der Waals surface area contributed by atoms with Crippen molar-refractivity contribution in [1.29, 1.82) is 0 Å². The van der Waals surface area contributed by atoms with Crippen molar-refractivity contribution in [1.82, 2.24) is 10.6 Å². The van der Waals surface area contributed by atoms with Crippen LogP contribution in [-0.2, 0) is 11.2 Å². The number of hydrogen-bond acceptors (Lipinski definition) is 6. The van der Waals surface area contributed by atoms with Gasteiger partial charge >= 0.3 is 0 Å². The SMILES string of the molecule is CNCC(C)C(=O)NCCc1cc(OC)c(OC)cc1[N+](=O)[O-].Cl. The van der Waals surface area contributed by atoms with Crippen molar-refractivity contribution in [2.24, 2.45) is 5.92 Å². The Bertz CT molecular complexity index is 568. The lowest BCUT2D eigenvalue weighted by Crippen LogP contribution is -2.35. The first-order valence-corrected chi connectivity index (χ1v) is 7.26. The van der Waals surface area contributed by atoms with E-state index >= 15 is 0 Å². The minimum Gasteiger partial charge on any atom is -0.493 e. The van der Waals surface area contributed by atoms with Gasteiger partial charge in [0.05, 0.1) is 25.2 Å². The zero-order valence-corrected chi connectivity index (χ0v) is 15.1. The topological polar surface area (TPSA) is 103 Å². The number of amides is 1. The van der Waals surface area contributed by atoms with Gasteiger partial charge in [0.1, 0.15) is 0 Å². The van der Waals surface area contributed by atoms with E-state index in [0.717, 1.165) is 0 Å². The Morgan fingerprint density at radius 3 is 2.38 bits per heavy atom. The molecule has 0 fully saturated rings. The van der Waals surface area contributed by atoms with E-state index in [4.69, 9.17) is 9.47 Å². The van der Waals surface area contributed by atoms with Gasteiger partial charge in [0.2, 0.25) is 5.91 Å². The van der Waals surface area contributed by atoms with Crippen molar-refractivity contribution in [2.75, 3.05) is 34.4 Å². The van der Waals surface area contributed by atoms with E-state index in [-0.39, 0.29) is 29.9 Å². The summed E-state index contributed by atoms with van der Waals surface area (Å²) in [5.74, 6) is 0.459. The molecule has 136 valence electrons. The number of nitrogens with one attached hydrogen (secondary N) is 2. The second-order valence-corrected chi connectivity index (χ2v) is 5.09. The van der Waals surface area contributed by atoms with E-state index in [2.05, 4.69) is 10.6 Å². The molecule has 0 heterocycles. The number of carbonyl (C=O) groups is 1. The summed E-state index contributed by atoms with van der Waals surface area (Å²) in [4.78, 5) is 22.6. The molecule has 1 unspecified atom stereocenters. The van der Waals surface area contributed by atoms with Crippen LogP contribution in [0.15, 0.2) is 12.1 Å². The number of benzene rings is 1. The minimum absolute atomic E-state index is 0. The Kier molecular flexibility index (Phi) is 9.75. The van der Waals surface area contributed by atoms with Gasteiger partial charge in [-0.15, -0.1) is 12.4 Å². The molecule has 24 heavy (non-hydrogen) atoms. The fourth-order valence-corrected chi connectivity index (χ4v) is 2.17. The number of hydrogen-bond donors (Lipinski definition) is 2. The molecule has 1 aromatic rings. The second kappa shape index (κ2) is 10.7. The fourth-order valence-electron chi connectivity index (χ4n) is 2.17. The number of halogens is 1. The molecule has 0 saturated carbocycles. The van der Waals surface area contributed by atoms with Gasteiger partial charge < -0.3 is 20.1 Å². The molecule has 0 aliphatic rings. The summed E-state index contributed by atoms with van der Waals surface area (Å²) in [5, 5.41) is 16.9. The van der Waals surface area contributed by atoms with Crippen LogP contribution < -0.4 is 20.1 Å². The van der Waals surface area contributed by atoms with Gasteiger partial charge in [-0.05, 0) is 19.5 Å². The largest absolute Gasteiger partial charge is 0.493 e. The van der Waals surface area contributed by atoms with Crippen molar-refractivity contribution in [3.05, 3.63) is 27.8 Å². The molecule has 0 aliphatic heterocycles. The van der Waals surface area contributed by atoms with Gasteiger partial charge in [-0.1, -0.05) is 6.92 Å². The molecule has 9 heteroatoms. The third kappa shape index (κ3) is 5.86. The molecule has 0 radical (unpaired) electrons. The molecule has 1 rings (SSSR count). The molecule has 8 nitrogen and oxygen atoms in total. The predicted molar refractivity (Wildman–Crippen MR) is 93.3 cm³/mol. The van der Waals surface area contributed by atoms with Crippen molar-refractivity contribution in [2.45, 2.75) is 13.3 Å². The molecule has 1 atom stereocenters. The quantitative estimate of drug-likeness (QED) is 0.511. The lowest BCUT2D eigenvalue weighted by molar-refractivity contribution is -0.385. The highest BCUT2D eigenvalue weighted by molar-refractivity contribution is 5.85. The standard InChI is InChI=1S/C15H23N3O5.ClH/c1-10(9-16-2)15(19)17-6-5-11-7-13(22-3)14(23-4)8-12(11)18(20)21;/h7-8,10,16H,5-6,9H2,1-4H3,(H,17,19);1H. The van der Waals surface area contributed by atoms with Crippen LogP contribution in [0.3, 0.4) is 0 Å². The van der Waals surface area contributed by atoms with Crippen molar-refractivity contribution < 1.29 is 19.2 Å². The van der Waals surface area contributed by atoms with Crippen LogP contribution >= 0.6 is 12.4 Å². The molecule has 1 aromatic carbocycles. The first-order chi connectivity index (χ1) is 10.9. The Morgan fingerprint density at radius 2 is 1.88 bits per heavy atom. The number of nitro benzene ring substituents is 1. The highest BCUT2D eigenvalue weighted by Crippen LogP contribution is 2.34. The Labute approximate surface area is 147 Å². The van der Waals surface area contributed by atoms with Crippen LogP contribution in [0.5, 0.6) is 11.5 Å². The molecule has 0 aliphatic carbocycles. The number of methoxy groups -OCH3 is 2. The molecule has 0 spiro atoms. The van der Waals surface area contributed by atoms with Crippen LogP contribution in [0.2, 0.25) is 0 Å². The highest BCUT2D eigenvalue weighted by Gasteiger charge is 2.19. The number of ether oxygens (including phenoxy) is 2. The maximum absolute atomic E-state index is 11.8. The van der Waals surface area contributed by atoms with Crippen LogP contribution in [-0.4, -0.2) is 45.2 Å². The Morgan fingerprint density at radius 1 is 1.29 bits per heavy atom. The van der Waals surface area contributed by atoms with Crippen molar-refractivity contribution in [3.8, 4) is 11.5 Å². The summed E-state index contributed by atoms with van der Waals surface area (Å²) in [6, 6.07) is 2.90. The third-order valence-electron chi connectivity index (χ3n) is 3.43. The van der Waals surface area contributed by atoms with Gasteiger partial charge in [-0.2, -0.15) is 0 Å². The zero-order valence-electron chi connectivity index (χ0n) is 14.3. The van der Waals surface area contributed by atoms with Crippen molar-refractivity contribution >= 4 is 24.0 Å². The number of nitrogens with zero attached hydrogens (tertiary/aromatic N) is 1. The summed E-state index contributed by atoms with van der Waals surface area (Å²) in [7, 11) is 4.66. The van der Waals surface area contributed by atoms with E-state index in [0.29, 0.717) is 36.6 Å². The predicted octanol–water partition coefficient (Wildman–Crippen LogP) is 1.55. The Balaban J connectivity index is 0.00000529. The van der Waals surface area contributed by atoms with Crippen LogP contribution in [0, 0.1) is 16.0 Å². The first kappa shape index (κ1) is 21.9. The van der Waals surface area contributed by atoms with Gasteiger partial charge in [0.25, 0.3) is 5.69 Å². The van der Waals surface area contributed by atoms with Crippen molar-refractivity contribution in [3.63, 3.8) is 0 Å². The molecule has 0 bridgehead atoms. The maximum Gasteiger partial charge on any atom is 0.276 e. The smallest absolute Gasteiger partial charge is 0.276 e. The van der Waals surface area contributed by atoms with Crippen LogP contribution in [0.1, 0.15) is 12.5 Å². The monoisotopic (exact) mass is 361 g/mol. The number of nitro groups is 1. The summed E-state index contributed by atoms with van der Waals surface area (Å²) < 4.78 is 10.2. The normalized spacial score (nSPS) is 11.2. The average Bonchev–Trinajstić information content (AvgIpc) is 2.53. The van der Waals surface area contributed by atoms with Gasteiger partial charge in [-0.3, -0.25) is 14.9 Å². The minimum atomic E-state index is -0.470. The lowest BCUT2D eigenvalue weighted by Gasteiger charge is -2.13. The highest BCUT2D eigenvalue weighted by atomic mass is 35.5. The van der Waals surface area contributed by atoms with E-state index in [1.54, 1.807) is 13.1 Å². The molecular weight excluding hydrogens is 338 g/mol. The summed E-state index contributed by atoms with van der Waals surface area (Å²) in [5.41, 5.74) is 0.425. The Hall–Kier alpha value is -2.06. The van der Waals surface area contributed by atoms with Gasteiger partial charge in [0.15, 0.2) is 11.5 Å². The molecule has 0 saturated heterocycles. The number of carbonyl (C=O) groups excluding carboxylic acids is 1. The second-order valence-electron chi connectivity index (χ2n) is 5.09. The first-order valence-electron chi connectivity index (χ1n) is 7.26. The summed E-state index contributed by atoms with van der Waals surface area (Å²) >= 11 is 0. The molecule has 1 amide bonds. The number of rotatable bonds is 9. The lowest BCUT2D eigenvalue weighted by atomic mass is 10.1.